The van der Waals surface area contributed by atoms with Crippen molar-refractivity contribution in [3.05, 3.63) is 0 Å². The van der Waals surface area contributed by atoms with Gasteiger partial charge in [0, 0.05) is 17.9 Å². The Kier molecular flexibility index (Phi) is 2.70. The molecule has 0 unspecified atom stereocenters. The molecule has 5 fully saturated rings. The Morgan fingerprint density at radius 2 is 1.68 bits per heavy atom. The summed E-state index contributed by atoms with van der Waals surface area (Å²) in [4.78, 5) is 12.6. The van der Waals surface area contributed by atoms with Crippen molar-refractivity contribution in [2.45, 2.75) is 39.0 Å². The summed E-state index contributed by atoms with van der Waals surface area (Å²) < 4.78 is 5.26. The molecule has 4 bridgehead atoms. The van der Waals surface area contributed by atoms with Crippen LogP contribution in [0.4, 0.5) is 0 Å². The average Bonchev–Trinajstić information content (AvgIpc) is 2.32. The Hall–Kier alpha value is -0.570. The third-order valence-electron chi connectivity index (χ3n) is 6.12. The molecule has 0 aromatic heterocycles. The average molecular weight is 263 g/mol. The monoisotopic (exact) mass is 263 g/mol. The minimum absolute atomic E-state index is 0.196. The fraction of sp³-hybridized carbons (Fsp3) is 0.938. The maximum absolute atomic E-state index is 12.6. The Balaban J connectivity index is 1.40. The molecule has 0 radical (unpaired) electrons. The van der Waals surface area contributed by atoms with Crippen LogP contribution in [0.2, 0.25) is 0 Å². The first-order valence-corrected chi connectivity index (χ1v) is 7.98. The summed E-state index contributed by atoms with van der Waals surface area (Å²) in [5.74, 6) is 3.97. The summed E-state index contributed by atoms with van der Waals surface area (Å²) in [6.45, 7) is 4.60. The van der Waals surface area contributed by atoms with Gasteiger partial charge in [0.15, 0.2) is 0 Å². The Labute approximate surface area is 115 Å². The van der Waals surface area contributed by atoms with Crippen LogP contribution < -0.4 is 5.32 Å². The van der Waals surface area contributed by atoms with Crippen LogP contribution in [0.25, 0.3) is 0 Å². The first-order chi connectivity index (χ1) is 9.13. The van der Waals surface area contributed by atoms with E-state index in [0.717, 1.165) is 31.6 Å². The molecule has 0 aromatic carbocycles. The summed E-state index contributed by atoms with van der Waals surface area (Å²) in [7, 11) is 0. The van der Waals surface area contributed by atoms with Crippen molar-refractivity contribution in [2.24, 2.45) is 35.0 Å². The number of carbonyl (C=O) groups is 1. The first kappa shape index (κ1) is 12.2. The quantitative estimate of drug-likeness (QED) is 0.848. The molecule has 1 N–H and O–H groups in total. The van der Waals surface area contributed by atoms with Gasteiger partial charge in [0.25, 0.3) is 0 Å². The number of ether oxygens (including phenoxy) is 1. The molecule has 1 amide bonds. The van der Waals surface area contributed by atoms with Gasteiger partial charge in [-0.2, -0.15) is 0 Å². The number of nitrogens with one attached hydrogen (secondary N) is 1. The highest BCUT2D eigenvalue weighted by Crippen LogP contribution is 2.56. The molecule has 0 atom stereocenters. The van der Waals surface area contributed by atoms with E-state index in [1.54, 1.807) is 0 Å². The summed E-state index contributed by atoms with van der Waals surface area (Å²) in [5.41, 5.74) is 0.196. The maximum atomic E-state index is 12.6. The zero-order valence-electron chi connectivity index (χ0n) is 11.9. The van der Waals surface area contributed by atoms with Crippen LogP contribution in [0.5, 0.6) is 0 Å². The normalized spacial score (nSPS) is 45.8. The second-order valence-corrected chi connectivity index (χ2v) is 7.98. The maximum Gasteiger partial charge on any atom is 0.223 e. The highest BCUT2D eigenvalue weighted by Gasteiger charge is 2.50. The van der Waals surface area contributed by atoms with E-state index in [1.165, 1.54) is 32.1 Å². The summed E-state index contributed by atoms with van der Waals surface area (Å²) in [6.07, 6.45) is 6.75. The van der Waals surface area contributed by atoms with Gasteiger partial charge in [0.1, 0.15) is 0 Å². The van der Waals surface area contributed by atoms with Crippen LogP contribution in [-0.4, -0.2) is 25.7 Å². The molecule has 19 heavy (non-hydrogen) atoms. The van der Waals surface area contributed by atoms with Gasteiger partial charge in [0.2, 0.25) is 5.91 Å². The SMILES string of the molecule is CC1(CNC(=O)C2C3CC4CC(C3)CC2C4)COC1. The predicted molar refractivity (Wildman–Crippen MR) is 72.5 cm³/mol. The van der Waals surface area contributed by atoms with E-state index in [0.29, 0.717) is 23.7 Å². The molecular formula is C16H25NO2. The van der Waals surface area contributed by atoms with Gasteiger partial charge in [-0.25, -0.2) is 0 Å². The van der Waals surface area contributed by atoms with Gasteiger partial charge in [-0.05, 0) is 55.8 Å². The largest absolute Gasteiger partial charge is 0.380 e. The van der Waals surface area contributed by atoms with Crippen molar-refractivity contribution in [2.75, 3.05) is 19.8 Å². The van der Waals surface area contributed by atoms with Crippen LogP contribution in [0.15, 0.2) is 0 Å². The Morgan fingerprint density at radius 1 is 1.11 bits per heavy atom. The lowest BCUT2D eigenvalue weighted by atomic mass is 9.51. The van der Waals surface area contributed by atoms with E-state index in [4.69, 9.17) is 4.74 Å². The fourth-order valence-corrected chi connectivity index (χ4v) is 5.32. The predicted octanol–water partition coefficient (Wildman–Crippen LogP) is 2.21. The molecule has 106 valence electrons. The van der Waals surface area contributed by atoms with Crippen molar-refractivity contribution >= 4 is 5.91 Å². The first-order valence-electron chi connectivity index (χ1n) is 7.98. The topological polar surface area (TPSA) is 38.3 Å². The van der Waals surface area contributed by atoms with Gasteiger partial charge in [-0.1, -0.05) is 6.92 Å². The number of rotatable bonds is 3. The molecule has 4 aliphatic carbocycles. The lowest BCUT2D eigenvalue weighted by Gasteiger charge is -2.53. The van der Waals surface area contributed by atoms with Crippen molar-refractivity contribution in [1.29, 1.82) is 0 Å². The molecule has 3 heteroatoms. The van der Waals surface area contributed by atoms with Gasteiger partial charge in [-0.15, -0.1) is 0 Å². The van der Waals surface area contributed by atoms with Crippen LogP contribution in [0.3, 0.4) is 0 Å². The molecule has 1 saturated heterocycles. The summed E-state index contributed by atoms with van der Waals surface area (Å²) >= 11 is 0. The molecule has 4 saturated carbocycles. The molecule has 0 spiro atoms. The second-order valence-electron chi connectivity index (χ2n) is 7.98. The molecule has 1 heterocycles. The van der Waals surface area contributed by atoms with E-state index >= 15 is 0 Å². The smallest absolute Gasteiger partial charge is 0.223 e. The van der Waals surface area contributed by atoms with Gasteiger partial charge >= 0.3 is 0 Å². The molecule has 1 aliphatic heterocycles. The molecule has 0 aromatic rings. The van der Waals surface area contributed by atoms with Crippen LogP contribution in [-0.2, 0) is 9.53 Å². The molecule has 5 rings (SSSR count). The number of hydrogen-bond acceptors (Lipinski definition) is 2. The molecular weight excluding hydrogens is 238 g/mol. The number of amides is 1. The van der Waals surface area contributed by atoms with E-state index in [9.17, 15) is 4.79 Å². The van der Waals surface area contributed by atoms with Crippen molar-refractivity contribution < 1.29 is 9.53 Å². The van der Waals surface area contributed by atoms with E-state index in [2.05, 4.69) is 12.2 Å². The minimum atomic E-state index is 0.196. The Bertz CT molecular complexity index is 360. The lowest BCUT2D eigenvalue weighted by molar-refractivity contribution is -0.142. The van der Waals surface area contributed by atoms with Gasteiger partial charge < -0.3 is 10.1 Å². The van der Waals surface area contributed by atoms with Crippen molar-refractivity contribution in [3.8, 4) is 0 Å². The Morgan fingerprint density at radius 3 is 2.16 bits per heavy atom. The zero-order valence-corrected chi connectivity index (χ0v) is 11.9. The summed E-state index contributed by atoms with van der Waals surface area (Å²) in [5, 5.41) is 3.23. The van der Waals surface area contributed by atoms with Crippen LogP contribution in [0.1, 0.15) is 39.0 Å². The number of carbonyl (C=O) groups excluding carboxylic acids is 1. The van der Waals surface area contributed by atoms with Crippen molar-refractivity contribution in [3.63, 3.8) is 0 Å². The van der Waals surface area contributed by atoms with E-state index in [1.807, 2.05) is 0 Å². The van der Waals surface area contributed by atoms with Crippen molar-refractivity contribution in [1.82, 2.24) is 5.32 Å². The number of hydrogen-bond donors (Lipinski definition) is 1. The summed E-state index contributed by atoms with van der Waals surface area (Å²) in [6, 6.07) is 0. The standard InChI is InChI=1S/C16H25NO2/c1-16(8-19-9-16)7-17-15(18)14-12-3-10-2-11(5-12)6-13(14)4-10/h10-14H,2-9H2,1H3,(H,17,18). The third-order valence-corrected chi connectivity index (χ3v) is 6.12. The highest BCUT2D eigenvalue weighted by molar-refractivity contribution is 5.79. The molecule has 5 aliphatic rings. The van der Waals surface area contributed by atoms with E-state index in [-0.39, 0.29) is 5.41 Å². The third kappa shape index (κ3) is 2.01. The minimum Gasteiger partial charge on any atom is -0.380 e. The lowest BCUT2D eigenvalue weighted by Crippen LogP contribution is -2.54. The van der Waals surface area contributed by atoms with E-state index < -0.39 is 0 Å². The van der Waals surface area contributed by atoms with Gasteiger partial charge in [0.05, 0.1) is 13.2 Å². The fourth-order valence-electron chi connectivity index (χ4n) is 5.32. The zero-order chi connectivity index (χ0) is 13.0. The van der Waals surface area contributed by atoms with Crippen LogP contribution in [0, 0.1) is 35.0 Å². The molecule has 3 nitrogen and oxygen atoms in total. The van der Waals surface area contributed by atoms with Crippen LogP contribution >= 0.6 is 0 Å². The van der Waals surface area contributed by atoms with Gasteiger partial charge in [-0.3, -0.25) is 4.79 Å². The second kappa shape index (κ2) is 4.21. The highest BCUT2D eigenvalue weighted by atomic mass is 16.5.